The molecule has 0 bridgehead atoms. The number of hydrogen-bond acceptors (Lipinski definition) is 7. The van der Waals surface area contributed by atoms with Gasteiger partial charge in [-0.1, -0.05) is 30.4 Å². The van der Waals surface area contributed by atoms with Gasteiger partial charge in [-0.15, -0.1) is 4.72 Å². The number of hydrogen-bond donors (Lipinski definition) is 2. The van der Waals surface area contributed by atoms with Gasteiger partial charge in [0.05, 0.1) is 12.1 Å². The first-order valence-electron chi connectivity index (χ1n) is 9.68. The van der Waals surface area contributed by atoms with E-state index in [0.29, 0.717) is 29.0 Å². The predicted molar refractivity (Wildman–Crippen MR) is 118 cm³/mol. The van der Waals surface area contributed by atoms with Gasteiger partial charge in [0.15, 0.2) is 11.4 Å². The van der Waals surface area contributed by atoms with Gasteiger partial charge >= 0.3 is 17.1 Å². The number of oxazole rings is 1. The first-order chi connectivity index (χ1) is 15.1. The number of nitrogens with one attached hydrogen (secondary N) is 1. The molecule has 2 aliphatic rings. The van der Waals surface area contributed by atoms with E-state index in [1.807, 2.05) is 12.1 Å². The van der Waals surface area contributed by atoms with E-state index in [1.165, 1.54) is 34.2 Å². The van der Waals surface area contributed by atoms with Crippen molar-refractivity contribution < 1.29 is 13.4 Å². The summed E-state index contributed by atoms with van der Waals surface area (Å²) in [4.78, 5) is 16.5. The lowest BCUT2D eigenvalue weighted by Gasteiger charge is -2.15. The molecule has 31 heavy (non-hydrogen) atoms. The number of aromatic nitrogens is 3. The lowest BCUT2D eigenvalue weighted by molar-refractivity contribution is 0.516. The van der Waals surface area contributed by atoms with Gasteiger partial charge in [-0.2, -0.15) is 8.93 Å². The Balaban J connectivity index is 1.38. The summed E-state index contributed by atoms with van der Waals surface area (Å²) in [7, 11) is 0. The lowest BCUT2D eigenvalue weighted by atomic mass is 9.92. The topological polar surface area (TPSA) is 93.2 Å². The van der Waals surface area contributed by atoms with Gasteiger partial charge < -0.3 is 4.42 Å². The van der Waals surface area contributed by atoms with Crippen molar-refractivity contribution in [2.75, 3.05) is 4.72 Å². The van der Waals surface area contributed by atoms with Crippen LogP contribution < -0.4 is 10.5 Å². The Kier molecular flexibility index (Phi) is 4.27. The van der Waals surface area contributed by atoms with E-state index in [0.717, 1.165) is 23.5 Å². The van der Waals surface area contributed by atoms with Gasteiger partial charge in [0, 0.05) is 23.7 Å². The molecule has 2 aromatic carbocycles. The summed E-state index contributed by atoms with van der Waals surface area (Å²) in [5.41, 5.74) is 4.07. The van der Waals surface area contributed by atoms with Crippen LogP contribution in [0, 0.1) is 11.7 Å². The number of allylic oxidation sites excluding steroid dienone is 1. The number of fused-ring (bicyclic) bond motifs is 4. The van der Waals surface area contributed by atoms with Crippen molar-refractivity contribution >= 4 is 45.2 Å². The molecule has 1 fully saturated rings. The fourth-order valence-electron chi connectivity index (χ4n) is 4.24. The molecule has 6 rings (SSSR count). The minimum Gasteiger partial charge on any atom is -0.407 e. The minimum atomic E-state index is -1.66. The van der Waals surface area contributed by atoms with Gasteiger partial charge in [0.25, 0.3) is 4.90 Å². The van der Waals surface area contributed by atoms with Crippen LogP contribution in [0.5, 0.6) is 0 Å². The summed E-state index contributed by atoms with van der Waals surface area (Å²) in [6.07, 6.45) is 6.85. The van der Waals surface area contributed by atoms with Crippen LogP contribution in [0.25, 0.3) is 17.2 Å². The predicted octanol–water partition coefficient (Wildman–Crippen LogP) is 4.24. The summed E-state index contributed by atoms with van der Waals surface area (Å²) in [6, 6.07) is 8.67. The van der Waals surface area contributed by atoms with E-state index in [-0.39, 0.29) is 10.5 Å². The average Bonchev–Trinajstić information content (AvgIpc) is 3.28. The Labute approximate surface area is 182 Å². The minimum absolute atomic E-state index is 0.00773. The second kappa shape index (κ2) is 7.04. The highest BCUT2D eigenvalue weighted by molar-refractivity contribution is 7.93. The maximum atomic E-state index is 14.9. The van der Waals surface area contributed by atoms with Crippen molar-refractivity contribution in [3.05, 3.63) is 75.8 Å². The van der Waals surface area contributed by atoms with Gasteiger partial charge in [-0.05, 0) is 34.9 Å². The number of halogens is 1. The fraction of sp³-hybridized carbons (Fsp3) is 0.190. The monoisotopic (exact) mass is 455 g/mol. The van der Waals surface area contributed by atoms with Crippen molar-refractivity contribution in [3.63, 3.8) is 0 Å². The van der Waals surface area contributed by atoms with Crippen LogP contribution in [0.4, 0.5) is 9.52 Å². The quantitative estimate of drug-likeness (QED) is 0.437. The van der Waals surface area contributed by atoms with Crippen molar-refractivity contribution in [1.29, 1.82) is 0 Å². The summed E-state index contributed by atoms with van der Waals surface area (Å²) in [6.45, 7) is 0.304. The first kappa shape index (κ1) is 18.8. The Morgan fingerprint density at radius 3 is 3.13 bits per heavy atom. The highest BCUT2D eigenvalue weighted by atomic mass is 32.2. The fourth-order valence-corrected chi connectivity index (χ4v) is 5.71. The number of benzene rings is 2. The van der Waals surface area contributed by atoms with Gasteiger partial charge in [0.1, 0.15) is 6.33 Å². The Morgan fingerprint density at radius 1 is 1.39 bits per heavy atom. The summed E-state index contributed by atoms with van der Waals surface area (Å²) >= 11 is -0.615. The molecule has 2 aromatic heterocycles. The highest BCUT2D eigenvalue weighted by Crippen LogP contribution is 2.53. The molecule has 0 amide bonds. The highest BCUT2D eigenvalue weighted by Gasteiger charge is 2.41. The molecule has 0 aliphatic heterocycles. The molecule has 2 aliphatic carbocycles. The zero-order valence-electron chi connectivity index (χ0n) is 16.0. The van der Waals surface area contributed by atoms with Crippen molar-refractivity contribution in [2.45, 2.75) is 23.8 Å². The maximum Gasteiger partial charge on any atom is 0.420 e. The third-order valence-corrected chi connectivity index (χ3v) is 7.59. The van der Waals surface area contributed by atoms with E-state index in [1.54, 1.807) is 0 Å². The van der Waals surface area contributed by atoms with E-state index >= 15 is 0 Å². The van der Waals surface area contributed by atoms with Crippen LogP contribution in [0.2, 0.25) is 0 Å². The average molecular weight is 456 g/mol. The smallest absolute Gasteiger partial charge is 0.407 e. The zero-order chi connectivity index (χ0) is 21.1. The van der Waals surface area contributed by atoms with Gasteiger partial charge in [-0.25, -0.2) is 14.2 Å². The third kappa shape index (κ3) is 3.18. The van der Waals surface area contributed by atoms with E-state index < -0.39 is 22.9 Å². The molecule has 0 spiro atoms. The van der Waals surface area contributed by atoms with Crippen molar-refractivity contribution in [2.24, 2.45) is 5.92 Å². The summed E-state index contributed by atoms with van der Waals surface area (Å²) in [5.74, 6) is -0.117. The van der Waals surface area contributed by atoms with Gasteiger partial charge in [0.2, 0.25) is 5.13 Å². The van der Waals surface area contributed by atoms with E-state index in [4.69, 9.17) is 4.42 Å². The second-order valence-corrected chi connectivity index (χ2v) is 9.62. The van der Waals surface area contributed by atoms with Crippen LogP contribution in [-0.2, 0) is 17.9 Å². The number of nitrogens with zero attached hydrogens (tertiary/aromatic N) is 3. The summed E-state index contributed by atoms with van der Waals surface area (Å²) in [5, 5.41) is 0.366. The maximum absolute atomic E-state index is 14.9. The first-order valence-corrected chi connectivity index (χ1v) is 11.6. The Hall–Kier alpha value is -2.95. The molecule has 3 atom stereocenters. The summed E-state index contributed by atoms with van der Waals surface area (Å²) < 4.78 is 38.7. The Bertz CT molecular complexity index is 1400. The molecule has 2 N–H and O–H groups in total. The molecule has 7 nitrogen and oxygen atoms in total. The van der Waals surface area contributed by atoms with Crippen LogP contribution >= 0.6 is 11.5 Å². The lowest BCUT2D eigenvalue weighted by Crippen LogP contribution is -2.17. The van der Waals surface area contributed by atoms with Crippen LogP contribution in [0.1, 0.15) is 29.0 Å². The van der Waals surface area contributed by atoms with E-state index in [9.17, 15) is 13.7 Å². The normalized spacial score (nSPS) is 19.8. The number of rotatable bonds is 5. The molecule has 10 heteroatoms. The number of anilines is 1. The zero-order valence-corrected chi connectivity index (χ0v) is 17.6. The molecule has 3 unspecified atom stereocenters. The van der Waals surface area contributed by atoms with Crippen molar-refractivity contribution in [1.82, 2.24) is 13.9 Å². The molecule has 0 radical (unpaired) electrons. The van der Waals surface area contributed by atoms with Gasteiger partial charge in [-0.3, -0.25) is 4.57 Å². The molecule has 2 heterocycles. The third-order valence-electron chi connectivity index (χ3n) is 5.77. The molecular weight excluding hydrogens is 439 g/mol. The van der Waals surface area contributed by atoms with Crippen LogP contribution in [0.3, 0.4) is 0 Å². The van der Waals surface area contributed by atoms with E-state index in [2.05, 4.69) is 32.3 Å². The second-order valence-electron chi connectivity index (χ2n) is 7.62. The molecule has 0 saturated heterocycles. The molecule has 156 valence electrons. The Morgan fingerprint density at radius 2 is 2.29 bits per heavy atom. The molecular formula is C21H16FN4O3S2+. The van der Waals surface area contributed by atoms with Crippen LogP contribution in [-0.4, -0.2) is 18.5 Å². The van der Waals surface area contributed by atoms with Crippen LogP contribution in [0.15, 0.2) is 56.8 Å². The standard InChI is InChI=1S/C21H16FN4O3S2/c22-15-7-16-17(8-18(15)31(28)25-20-23-10-24-30-20)29-21(27)26(16)9-13-3-1-2-11-4-5-12-6-14(12)19(11)13/h1-5,7-8,10,12,14,28H,6,9H2,(H,23,24,25)/q+1. The molecule has 4 aromatic rings. The largest absolute Gasteiger partial charge is 0.420 e. The molecule has 1 saturated carbocycles. The van der Waals surface area contributed by atoms with Crippen molar-refractivity contribution in [3.8, 4) is 0 Å². The SMILES string of the molecule is O=c1oc2cc([S+](O)Nc3ncns3)c(F)cc2n1Cc1cccc2c1C1CC1C=C2.